The molecule has 0 aliphatic rings. The lowest BCUT2D eigenvalue weighted by Gasteiger charge is -2.06. The van der Waals surface area contributed by atoms with Gasteiger partial charge in [0, 0.05) is 9.35 Å². The van der Waals surface area contributed by atoms with Crippen LogP contribution in [0.3, 0.4) is 0 Å². The first-order valence-electron chi connectivity index (χ1n) is 5.08. The van der Waals surface area contributed by atoms with Crippen LogP contribution in [0.5, 0.6) is 0 Å². The van der Waals surface area contributed by atoms with Crippen LogP contribution in [0.25, 0.3) is 0 Å². The Balaban J connectivity index is 2.22. The van der Waals surface area contributed by atoms with E-state index in [9.17, 15) is 14.4 Å². The van der Waals surface area contributed by atoms with Crippen LogP contribution in [0.15, 0.2) is 15.9 Å². The van der Waals surface area contributed by atoms with Gasteiger partial charge in [-0.05, 0) is 27.4 Å². The molecule has 0 fully saturated rings. The van der Waals surface area contributed by atoms with Gasteiger partial charge in [0.25, 0.3) is 5.91 Å². The Hall–Kier alpha value is -1.45. The fourth-order valence-electron chi connectivity index (χ4n) is 1.05. The summed E-state index contributed by atoms with van der Waals surface area (Å²) >= 11 is 4.77. The molecule has 3 N–H and O–H groups in total. The van der Waals surface area contributed by atoms with E-state index >= 15 is 0 Å². The molecule has 1 rings (SSSR count). The van der Waals surface area contributed by atoms with E-state index in [2.05, 4.69) is 26.0 Å². The highest BCUT2D eigenvalue weighted by atomic mass is 79.9. The molecule has 0 aromatic carbocycles. The predicted molar refractivity (Wildman–Crippen MR) is 70.9 cm³/mol. The van der Waals surface area contributed by atoms with E-state index < -0.39 is 31.1 Å². The van der Waals surface area contributed by atoms with Gasteiger partial charge in [-0.25, -0.2) is 9.59 Å². The maximum atomic E-state index is 11.3. The Kier molecular flexibility index (Phi) is 6.46. The van der Waals surface area contributed by atoms with E-state index in [4.69, 9.17) is 5.11 Å². The zero-order valence-electron chi connectivity index (χ0n) is 9.64. The summed E-state index contributed by atoms with van der Waals surface area (Å²) in [5.74, 6) is -1.89. The van der Waals surface area contributed by atoms with Gasteiger partial charge in [-0.3, -0.25) is 10.1 Å². The van der Waals surface area contributed by atoms with Crippen molar-refractivity contribution >= 4 is 45.2 Å². The third-order valence-corrected chi connectivity index (χ3v) is 3.74. The number of halogens is 1. The van der Waals surface area contributed by atoms with Gasteiger partial charge < -0.3 is 15.2 Å². The van der Waals surface area contributed by atoms with Crippen molar-refractivity contribution in [1.29, 1.82) is 0 Å². The summed E-state index contributed by atoms with van der Waals surface area (Å²) in [7, 11) is 0. The number of hydrogen-bond acceptors (Lipinski definition) is 5. The number of thiophene rings is 1. The van der Waals surface area contributed by atoms with E-state index in [0.717, 1.165) is 9.35 Å². The number of ether oxygens (including phenoxy) is 1. The second-order valence-electron chi connectivity index (χ2n) is 3.31. The highest BCUT2D eigenvalue weighted by Gasteiger charge is 2.09. The summed E-state index contributed by atoms with van der Waals surface area (Å²) < 4.78 is 5.41. The minimum atomic E-state index is -1.18. The van der Waals surface area contributed by atoms with Crippen LogP contribution in [-0.2, 0) is 20.9 Å². The largest absolute Gasteiger partial charge is 0.480 e. The zero-order chi connectivity index (χ0) is 14.3. The molecular weight excluding hydrogens is 340 g/mol. The lowest BCUT2D eigenvalue weighted by atomic mass is 10.4. The van der Waals surface area contributed by atoms with Gasteiger partial charge >= 0.3 is 12.0 Å². The van der Waals surface area contributed by atoms with E-state index in [1.54, 1.807) is 0 Å². The third kappa shape index (κ3) is 6.32. The number of amides is 3. The van der Waals surface area contributed by atoms with Crippen molar-refractivity contribution in [2.45, 2.75) is 6.54 Å². The molecule has 0 aliphatic carbocycles. The highest BCUT2D eigenvalue weighted by Crippen LogP contribution is 2.21. The molecule has 0 radical (unpaired) electrons. The fourth-order valence-corrected chi connectivity index (χ4v) is 2.48. The number of carbonyl (C=O) groups is 3. The molecule has 0 atom stereocenters. The average molecular weight is 351 g/mol. The third-order valence-electron chi connectivity index (χ3n) is 1.81. The van der Waals surface area contributed by atoms with Gasteiger partial charge in [-0.1, -0.05) is 0 Å². The van der Waals surface area contributed by atoms with Crippen LogP contribution in [0.2, 0.25) is 0 Å². The van der Waals surface area contributed by atoms with Crippen molar-refractivity contribution in [3.8, 4) is 0 Å². The number of hydrogen-bond donors (Lipinski definition) is 3. The average Bonchev–Trinajstić information content (AvgIpc) is 2.71. The maximum absolute atomic E-state index is 11.3. The van der Waals surface area contributed by atoms with E-state index in [1.807, 2.05) is 16.8 Å². The number of carbonyl (C=O) groups excluding carboxylic acids is 2. The van der Waals surface area contributed by atoms with Crippen molar-refractivity contribution in [2.24, 2.45) is 0 Å². The molecule has 0 bridgehead atoms. The molecule has 104 valence electrons. The van der Waals surface area contributed by atoms with Crippen molar-refractivity contribution < 1.29 is 24.2 Å². The first-order valence-corrected chi connectivity index (χ1v) is 6.75. The maximum Gasteiger partial charge on any atom is 0.329 e. The van der Waals surface area contributed by atoms with Crippen molar-refractivity contribution in [3.63, 3.8) is 0 Å². The molecule has 1 heterocycles. The molecule has 0 aliphatic heterocycles. The molecule has 1 aromatic heterocycles. The second-order valence-corrected chi connectivity index (χ2v) is 5.16. The van der Waals surface area contributed by atoms with E-state index in [-0.39, 0.29) is 6.54 Å². The Morgan fingerprint density at radius 1 is 1.37 bits per heavy atom. The Morgan fingerprint density at radius 2 is 2.11 bits per heavy atom. The lowest BCUT2D eigenvalue weighted by molar-refractivity contribution is -0.143. The molecule has 0 saturated carbocycles. The Bertz CT molecular complexity index is 476. The number of carboxylic acid groups (broad SMARTS) is 1. The van der Waals surface area contributed by atoms with Gasteiger partial charge in [0.05, 0.1) is 6.54 Å². The number of aliphatic carboxylic acids is 1. The molecule has 19 heavy (non-hydrogen) atoms. The molecule has 7 nitrogen and oxygen atoms in total. The number of nitrogens with one attached hydrogen (secondary N) is 2. The molecule has 0 saturated heterocycles. The monoisotopic (exact) mass is 350 g/mol. The summed E-state index contributed by atoms with van der Waals surface area (Å²) in [6.45, 7) is -0.785. The van der Waals surface area contributed by atoms with Crippen LogP contribution in [-0.4, -0.2) is 36.2 Å². The van der Waals surface area contributed by atoms with E-state index in [0.29, 0.717) is 0 Å². The lowest BCUT2D eigenvalue weighted by Crippen LogP contribution is -2.41. The zero-order valence-corrected chi connectivity index (χ0v) is 12.0. The standard InChI is InChI=1S/C10H11BrN2O5S/c11-6-1-2-19-7(6)3-12-10(17)13-8(14)4-18-5-9(15)16/h1-2H,3-5H2,(H,15,16)(H2,12,13,14,17). The predicted octanol–water partition coefficient (Wildman–Crippen LogP) is 0.938. The van der Waals surface area contributed by atoms with Gasteiger partial charge in [-0.2, -0.15) is 0 Å². The van der Waals surface area contributed by atoms with E-state index in [1.165, 1.54) is 11.3 Å². The van der Waals surface area contributed by atoms with Crippen LogP contribution in [0, 0.1) is 0 Å². The summed E-state index contributed by atoms with van der Waals surface area (Å²) in [4.78, 5) is 33.5. The van der Waals surface area contributed by atoms with Crippen molar-refractivity contribution in [2.75, 3.05) is 13.2 Å². The smallest absolute Gasteiger partial charge is 0.329 e. The van der Waals surface area contributed by atoms with Gasteiger partial charge in [0.2, 0.25) is 0 Å². The number of rotatable bonds is 6. The second kappa shape index (κ2) is 7.87. The van der Waals surface area contributed by atoms with Crippen LogP contribution < -0.4 is 10.6 Å². The van der Waals surface area contributed by atoms with Crippen LogP contribution in [0.1, 0.15) is 4.88 Å². The van der Waals surface area contributed by atoms with Gasteiger partial charge in [-0.15, -0.1) is 11.3 Å². The fraction of sp³-hybridized carbons (Fsp3) is 0.300. The molecule has 9 heteroatoms. The summed E-state index contributed by atoms with van der Waals surface area (Å²) in [6.07, 6.45) is 0. The molecular formula is C10H11BrN2O5S. The quantitative estimate of drug-likeness (QED) is 0.708. The number of imide groups is 1. The van der Waals surface area contributed by atoms with Gasteiger partial charge in [0.15, 0.2) is 0 Å². The van der Waals surface area contributed by atoms with Gasteiger partial charge in [0.1, 0.15) is 13.2 Å². The van der Waals surface area contributed by atoms with Crippen molar-refractivity contribution in [3.05, 3.63) is 20.8 Å². The first-order chi connectivity index (χ1) is 8.99. The minimum Gasteiger partial charge on any atom is -0.480 e. The van der Waals surface area contributed by atoms with Crippen LogP contribution in [0.4, 0.5) is 4.79 Å². The highest BCUT2D eigenvalue weighted by molar-refractivity contribution is 9.10. The number of urea groups is 1. The molecule has 0 unspecified atom stereocenters. The van der Waals surface area contributed by atoms with Crippen molar-refractivity contribution in [1.82, 2.24) is 10.6 Å². The summed E-state index contributed by atoms with van der Waals surface area (Å²) in [5, 5.41) is 14.7. The number of carboxylic acids is 1. The normalized spacial score (nSPS) is 9.95. The molecule has 0 spiro atoms. The summed E-state index contributed by atoms with van der Waals surface area (Å²) in [6, 6.07) is 1.19. The SMILES string of the molecule is O=C(O)COCC(=O)NC(=O)NCc1sccc1Br. The Labute approximate surface area is 121 Å². The minimum absolute atomic E-state index is 0.285. The summed E-state index contributed by atoms with van der Waals surface area (Å²) in [5.41, 5.74) is 0. The van der Waals surface area contributed by atoms with Crippen LogP contribution >= 0.6 is 27.3 Å². The molecule has 1 aromatic rings. The topological polar surface area (TPSA) is 105 Å². The Morgan fingerprint density at radius 3 is 2.68 bits per heavy atom. The first kappa shape index (κ1) is 15.6. The molecule has 3 amide bonds.